The van der Waals surface area contributed by atoms with E-state index in [1.165, 1.54) is 24.6 Å². The van der Waals surface area contributed by atoms with Crippen molar-refractivity contribution in [2.45, 2.75) is 96.3 Å². The molecule has 29 heavy (non-hydrogen) atoms. The fraction of sp³-hybridized carbons (Fsp3) is 0.857. The molecule has 0 aliphatic heterocycles. The van der Waals surface area contributed by atoms with E-state index < -0.39 is 36.8 Å². The van der Waals surface area contributed by atoms with E-state index in [9.17, 15) is 9.90 Å². The summed E-state index contributed by atoms with van der Waals surface area (Å²) in [6, 6.07) is 2.46. The molecule has 0 radical (unpaired) electrons. The number of aliphatic hydroxyl groups is 1. The van der Waals surface area contributed by atoms with Gasteiger partial charge in [0.2, 0.25) is 0 Å². The molecule has 0 aromatic carbocycles. The second-order valence-electron chi connectivity index (χ2n) is 10.3. The SMILES string of the molecule is C=C(C)C(=O)OCC(O)COCCC[Si](C)(C)O[Si](C)(C)C[Si](C)(C)CCCC. The molecule has 0 amide bonds. The van der Waals surface area contributed by atoms with E-state index in [0.717, 1.165) is 12.5 Å². The van der Waals surface area contributed by atoms with E-state index in [1.807, 2.05) is 0 Å². The first-order valence-electron chi connectivity index (χ1n) is 11.0. The highest BCUT2D eigenvalue weighted by atomic mass is 28.4. The predicted octanol–water partition coefficient (Wildman–Crippen LogP) is 5.35. The van der Waals surface area contributed by atoms with Gasteiger partial charge in [-0.2, -0.15) is 0 Å². The first-order chi connectivity index (χ1) is 13.2. The van der Waals surface area contributed by atoms with Crippen LogP contribution in [0, 0.1) is 0 Å². The Hall–Kier alpha value is -0.259. The Bertz CT molecular complexity index is 507. The van der Waals surface area contributed by atoms with Crippen molar-refractivity contribution in [3.05, 3.63) is 12.2 Å². The monoisotopic (exact) mass is 462 g/mol. The molecule has 0 spiro atoms. The molecule has 0 saturated heterocycles. The van der Waals surface area contributed by atoms with Crippen LogP contribution in [0.4, 0.5) is 0 Å². The first-order valence-corrected chi connectivity index (χ1v) is 20.6. The molecule has 0 aliphatic carbocycles. The summed E-state index contributed by atoms with van der Waals surface area (Å²) in [5.74, 6) is -0.485. The van der Waals surface area contributed by atoms with Crippen molar-refractivity contribution in [2.24, 2.45) is 0 Å². The van der Waals surface area contributed by atoms with Crippen LogP contribution in [-0.4, -0.2) is 61.7 Å². The number of unbranched alkanes of at least 4 members (excludes halogenated alkanes) is 1. The van der Waals surface area contributed by atoms with Crippen LogP contribution in [0.2, 0.25) is 57.0 Å². The van der Waals surface area contributed by atoms with Crippen LogP contribution >= 0.6 is 0 Å². The molecule has 172 valence electrons. The van der Waals surface area contributed by atoms with Gasteiger partial charge in [0.05, 0.1) is 6.61 Å². The van der Waals surface area contributed by atoms with E-state index in [0.29, 0.717) is 12.2 Å². The van der Waals surface area contributed by atoms with Crippen LogP contribution < -0.4 is 0 Å². The van der Waals surface area contributed by atoms with E-state index >= 15 is 0 Å². The number of aliphatic hydroxyl groups excluding tert-OH is 1. The van der Waals surface area contributed by atoms with Crippen LogP contribution in [0.25, 0.3) is 0 Å². The van der Waals surface area contributed by atoms with Gasteiger partial charge in [-0.3, -0.25) is 0 Å². The number of hydrogen-bond donors (Lipinski definition) is 1. The molecule has 0 bridgehead atoms. The fourth-order valence-electron chi connectivity index (χ4n) is 3.89. The van der Waals surface area contributed by atoms with E-state index in [2.05, 4.69) is 52.8 Å². The Morgan fingerprint density at radius 2 is 1.62 bits per heavy atom. The Labute approximate surface area is 182 Å². The lowest BCUT2D eigenvalue weighted by atomic mass is 10.3. The first kappa shape index (κ1) is 28.7. The maximum Gasteiger partial charge on any atom is 0.333 e. The summed E-state index contributed by atoms with van der Waals surface area (Å²) in [6.07, 6.45) is 2.75. The molecular formula is C21H46O5Si3. The molecule has 1 atom stereocenters. The van der Waals surface area contributed by atoms with Gasteiger partial charge < -0.3 is 18.7 Å². The Morgan fingerprint density at radius 3 is 2.17 bits per heavy atom. The third kappa shape index (κ3) is 15.2. The van der Waals surface area contributed by atoms with Crippen LogP contribution in [0.15, 0.2) is 12.2 Å². The summed E-state index contributed by atoms with van der Waals surface area (Å²) in [6.45, 7) is 22.5. The summed E-state index contributed by atoms with van der Waals surface area (Å²) in [7, 11) is -4.56. The van der Waals surface area contributed by atoms with Crippen LogP contribution in [-0.2, 0) is 18.4 Å². The quantitative estimate of drug-likeness (QED) is 0.145. The highest BCUT2D eigenvalue weighted by Gasteiger charge is 2.37. The van der Waals surface area contributed by atoms with Gasteiger partial charge in [0.1, 0.15) is 12.7 Å². The van der Waals surface area contributed by atoms with Crippen molar-refractivity contribution in [1.29, 1.82) is 0 Å². The third-order valence-corrected chi connectivity index (χ3v) is 19.7. The molecule has 0 heterocycles. The number of ether oxygens (including phenoxy) is 2. The maximum absolute atomic E-state index is 11.3. The van der Waals surface area contributed by atoms with Gasteiger partial charge in [0.15, 0.2) is 16.6 Å². The van der Waals surface area contributed by atoms with Gasteiger partial charge in [-0.15, -0.1) is 0 Å². The third-order valence-electron chi connectivity index (χ3n) is 4.80. The maximum atomic E-state index is 11.3. The standard InChI is InChI=1S/C21H46O5Si3/c1-10-11-14-27(4,5)18-29(8,9)26-28(6,7)15-12-13-24-16-20(22)17-25-21(23)19(2)3/h20,22H,2,10-18H2,1,3-9H3. The second kappa shape index (κ2) is 13.2. The summed E-state index contributed by atoms with van der Waals surface area (Å²) >= 11 is 0. The largest absolute Gasteiger partial charge is 0.460 e. The average Bonchev–Trinajstić information content (AvgIpc) is 2.55. The fourth-order valence-corrected chi connectivity index (χ4v) is 23.5. The minimum absolute atomic E-state index is 0.0630. The van der Waals surface area contributed by atoms with Gasteiger partial charge in [-0.05, 0) is 51.2 Å². The lowest BCUT2D eigenvalue weighted by Crippen LogP contribution is -2.49. The Kier molecular flexibility index (Phi) is 13.1. The second-order valence-corrected chi connectivity index (χ2v) is 24.9. The molecule has 0 aromatic heterocycles. The minimum atomic E-state index is -1.73. The van der Waals surface area contributed by atoms with Gasteiger partial charge in [0.25, 0.3) is 0 Å². The van der Waals surface area contributed by atoms with Crippen LogP contribution in [0.1, 0.15) is 33.1 Å². The van der Waals surface area contributed by atoms with E-state index in [4.69, 9.17) is 13.6 Å². The highest BCUT2D eigenvalue weighted by Crippen LogP contribution is 2.29. The van der Waals surface area contributed by atoms with Crippen molar-refractivity contribution in [1.82, 2.24) is 0 Å². The van der Waals surface area contributed by atoms with Crippen LogP contribution in [0.3, 0.4) is 0 Å². The molecule has 8 heteroatoms. The summed E-state index contributed by atoms with van der Waals surface area (Å²) in [4.78, 5) is 11.3. The Morgan fingerprint density at radius 1 is 1.00 bits per heavy atom. The summed E-state index contributed by atoms with van der Waals surface area (Å²) < 4.78 is 17.3. The molecule has 0 rings (SSSR count). The van der Waals surface area contributed by atoms with Gasteiger partial charge in [-0.1, -0.05) is 45.5 Å². The zero-order chi connectivity index (χ0) is 22.7. The van der Waals surface area contributed by atoms with Crippen molar-refractivity contribution >= 4 is 30.7 Å². The van der Waals surface area contributed by atoms with Crippen LogP contribution in [0.5, 0.6) is 0 Å². The van der Waals surface area contributed by atoms with Gasteiger partial charge in [0, 0.05) is 20.3 Å². The predicted molar refractivity (Wildman–Crippen MR) is 130 cm³/mol. The smallest absolute Gasteiger partial charge is 0.333 e. The normalized spacial score (nSPS) is 14.0. The van der Waals surface area contributed by atoms with Crippen molar-refractivity contribution in [2.75, 3.05) is 19.8 Å². The molecule has 0 aromatic rings. The van der Waals surface area contributed by atoms with E-state index in [1.54, 1.807) is 6.92 Å². The van der Waals surface area contributed by atoms with Gasteiger partial charge in [-0.25, -0.2) is 4.79 Å². The highest BCUT2D eigenvalue weighted by molar-refractivity contribution is 6.96. The number of rotatable bonds is 16. The molecular weight excluding hydrogens is 416 g/mol. The average molecular weight is 463 g/mol. The van der Waals surface area contributed by atoms with E-state index in [-0.39, 0.29) is 13.2 Å². The molecule has 0 aliphatic rings. The summed E-state index contributed by atoms with van der Waals surface area (Å²) in [5, 5.41) is 9.82. The number of carbonyl (C=O) groups is 1. The molecule has 0 fully saturated rings. The Balaban J connectivity index is 4.19. The molecule has 0 saturated carbocycles. The minimum Gasteiger partial charge on any atom is -0.460 e. The molecule has 5 nitrogen and oxygen atoms in total. The lowest BCUT2D eigenvalue weighted by Gasteiger charge is -2.38. The zero-order valence-corrected chi connectivity index (χ0v) is 23.2. The van der Waals surface area contributed by atoms with Gasteiger partial charge >= 0.3 is 5.97 Å². The summed E-state index contributed by atoms with van der Waals surface area (Å²) in [5.41, 5.74) is 1.66. The number of carbonyl (C=O) groups excluding carboxylic acids is 1. The van der Waals surface area contributed by atoms with Crippen molar-refractivity contribution in [3.8, 4) is 0 Å². The van der Waals surface area contributed by atoms with Crippen molar-refractivity contribution < 1.29 is 23.5 Å². The van der Waals surface area contributed by atoms with Crippen molar-refractivity contribution in [3.63, 3.8) is 0 Å². The molecule has 1 unspecified atom stereocenters. The lowest BCUT2D eigenvalue weighted by molar-refractivity contribution is -0.143. The topological polar surface area (TPSA) is 65.0 Å². The number of esters is 1. The number of hydrogen-bond acceptors (Lipinski definition) is 5. The molecule has 1 N–H and O–H groups in total. The zero-order valence-electron chi connectivity index (χ0n) is 20.2.